The van der Waals surface area contributed by atoms with Crippen molar-refractivity contribution in [2.45, 2.75) is 44.8 Å². The number of hydrogen-bond acceptors (Lipinski definition) is 4. The summed E-state index contributed by atoms with van der Waals surface area (Å²) in [6.07, 6.45) is 4.69. The maximum Gasteiger partial charge on any atom is 0.490 e. The first-order chi connectivity index (χ1) is 15.6. The third-order valence-electron chi connectivity index (χ3n) is 6.79. The lowest BCUT2D eigenvalue weighted by atomic mass is 9.77. The van der Waals surface area contributed by atoms with Crippen molar-refractivity contribution in [3.05, 3.63) is 42.0 Å². The van der Waals surface area contributed by atoms with Crippen LogP contribution in [0, 0.1) is 11.3 Å². The van der Waals surface area contributed by atoms with Crippen molar-refractivity contribution in [1.29, 1.82) is 0 Å². The van der Waals surface area contributed by atoms with Crippen molar-refractivity contribution < 1.29 is 32.6 Å². The SMILES string of the molecule is COc1cccc(CN2CCC3(CCN(C(=O)C4CC=CC4)CC3)C2)c1.O=C(O)C(F)(F)F. The number of carboxylic acid groups (broad SMARTS) is 1. The maximum atomic E-state index is 12.6. The van der Waals surface area contributed by atoms with Gasteiger partial charge in [0.25, 0.3) is 0 Å². The normalized spacial score (nSPS) is 20.5. The lowest BCUT2D eigenvalue weighted by Gasteiger charge is -2.40. The number of rotatable bonds is 4. The van der Waals surface area contributed by atoms with Gasteiger partial charge in [-0.05, 0) is 61.8 Å². The molecule has 1 aromatic rings. The second kappa shape index (κ2) is 10.6. The largest absolute Gasteiger partial charge is 0.497 e. The Morgan fingerprint density at radius 1 is 1.12 bits per heavy atom. The number of amides is 1. The Kier molecular flexibility index (Phi) is 8.05. The molecule has 3 aliphatic rings. The number of nitrogens with zero attached hydrogens (tertiary/aromatic N) is 2. The molecular weight excluding hydrogens is 437 g/mol. The van der Waals surface area contributed by atoms with E-state index in [0.29, 0.717) is 11.3 Å². The molecule has 1 amide bonds. The van der Waals surface area contributed by atoms with Gasteiger partial charge in [-0.15, -0.1) is 0 Å². The van der Waals surface area contributed by atoms with Gasteiger partial charge in [0.2, 0.25) is 5.91 Å². The quantitative estimate of drug-likeness (QED) is 0.674. The van der Waals surface area contributed by atoms with Crippen LogP contribution in [-0.2, 0) is 16.1 Å². The fourth-order valence-corrected chi connectivity index (χ4v) is 4.88. The Bertz CT molecular complexity index is 856. The number of methoxy groups -OCH3 is 1. The van der Waals surface area contributed by atoms with Gasteiger partial charge >= 0.3 is 12.1 Å². The third kappa shape index (κ3) is 6.72. The number of carboxylic acids is 1. The molecule has 9 heteroatoms. The predicted molar refractivity (Wildman–Crippen MR) is 117 cm³/mol. The number of aliphatic carboxylic acids is 1. The summed E-state index contributed by atoms with van der Waals surface area (Å²) in [5, 5.41) is 7.12. The molecule has 2 aliphatic heterocycles. The second-order valence-electron chi connectivity index (χ2n) is 9.08. The van der Waals surface area contributed by atoms with E-state index in [1.54, 1.807) is 7.11 Å². The van der Waals surface area contributed by atoms with Gasteiger partial charge < -0.3 is 14.7 Å². The zero-order valence-corrected chi connectivity index (χ0v) is 18.8. The molecule has 182 valence electrons. The van der Waals surface area contributed by atoms with E-state index in [2.05, 4.69) is 40.2 Å². The summed E-state index contributed by atoms with van der Waals surface area (Å²) in [7, 11) is 1.72. The van der Waals surface area contributed by atoms with Crippen LogP contribution in [0.25, 0.3) is 0 Å². The van der Waals surface area contributed by atoms with Crippen LogP contribution in [0.1, 0.15) is 37.7 Å². The average molecular weight is 469 g/mol. The topological polar surface area (TPSA) is 70.1 Å². The van der Waals surface area contributed by atoms with E-state index >= 15 is 0 Å². The molecular formula is C24H31F3N2O4. The van der Waals surface area contributed by atoms with Crippen LogP contribution in [0.15, 0.2) is 36.4 Å². The van der Waals surface area contributed by atoms with Gasteiger partial charge in [0, 0.05) is 32.1 Å². The Hall–Kier alpha value is -2.55. The zero-order chi connectivity index (χ0) is 24.1. The summed E-state index contributed by atoms with van der Waals surface area (Å²) in [5.41, 5.74) is 1.74. The molecule has 0 aromatic heterocycles. The number of carbonyl (C=O) groups excluding carboxylic acids is 1. The number of likely N-dealkylation sites (tertiary alicyclic amines) is 2. The molecule has 0 saturated carbocycles. The number of halogens is 3. The van der Waals surface area contributed by atoms with Crippen molar-refractivity contribution in [2.24, 2.45) is 11.3 Å². The van der Waals surface area contributed by atoms with Crippen molar-refractivity contribution in [1.82, 2.24) is 9.80 Å². The Balaban J connectivity index is 0.000000383. The highest BCUT2D eigenvalue weighted by molar-refractivity contribution is 5.79. The summed E-state index contributed by atoms with van der Waals surface area (Å²) < 4.78 is 37.1. The minimum Gasteiger partial charge on any atom is -0.497 e. The molecule has 2 heterocycles. The van der Waals surface area contributed by atoms with Crippen LogP contribution in [0.4, 0.5) is 13.2 Å². The molecule has 1 spiro atoms. The van der Waals surface area contributed by atoms with E-state index in [0.717, 1.165) is 64.2 Å². The molecule has 0 radical (unpaired) electrons. The highest BCUT2D eigenvalue weighted by Gasteiger charge is 2.42. The fourth-order valence-electron chi connectivity index (χ4n) is 4.88. The zero-order valence-electron chi connectivity index (χ0n) is 18.8. The van der Waals surface area contributed by atoms with Crippen LogP contribution in [0.3, 0.4) is 0 Å². The molecule has 1 N–H and O–H groups in total. The summed E-state index contributed by atoms with van der Waals surface area (Å²) >= 11 is 0. The highest BCUT2D eigenvalue weighted by atomic mass is 19.4. The molecule has 2 saturated heterocycles. The smallest absolute Gasteiger partial charge is 0.490 e. The van der Waals surface area contributed by atoms with E-state index in [-0.39, 0.29) is 5.92 Å². The van der Waals surface area contributed by atoms with E-state index < -0.39 is 12.1 Å². The van der Waals surface area contributed by atoms with E-state index in [4.69, 9.17) is 14.6 Å². The van der Waals surface area contributed by atoms with Gasteiger partial charge in [0.1, 0.15) is 5.75 Å². The van der Waals surface area contributed by atoms with Crippen LogP contribution in [0.2, 0.25) is 0 Å². The summed E-state index contributed by atoms with van der Waals surface area (Å²) in [6, 6.07) is 8.40. The number of hydrogen-bond donors (Lipinski definition) is 1. The monoisotopic (exact) mass is 468 g/mol. The van der Waals surface area contributed by atoms with Gasteiger partial charge in [-0.1, -0.05) is 24.3 Å². The van der Waals surface area contributed by atoms with Gasteiger partial charge in [-0.2, -0.15) is 13.2 Å². The molecule has 6 nitrogen and oxygen atoms in total. The molecule has 1 aliphatic carbocycles. The van der Waals surface area contributed by atoms with Crippen LogP contribution in [0.5, 0.6) is 5.75 Å². The molecule has 33 heavy (non-hydrogen) atoms. The molecule has 0 bridgehead atoms. The van der Waals surface area contributed by atoms with Crippen molar-refractivity contribution in [2.75, 3.05) is 33.3 Å². The van der Waals surface area contributed by atoms with Crippen LogP contribution < -0.4 is 4.74 Å². The van der Waals surface area contributed by atoms with Crippen molar-refractivity contribution in [3.8, 4) is 5.75 Å². The lowest BCUT2D eigenvalue weighted by molar-refractivity contribution is -0.192. The highest BCUT2D eigenvalue weighted by Crippen LogP contribution is 2.41. The standard InChI is InChI=1S/C22H30N2O2.C2HF3O2/c1-26-20-8-4-5-18(15-20)16-23-12-9-22(17-23)10-13-24(14-11-22)21(25)19-6-2-3-7-19;3-2(4,5)1(6)7/h2-5,8,15,19H,6-7,9-14,16-17H2,1H3;(H,6,7). The Morgan fingerprint density at radius 2 is 1.73 bits per heavy atom. The number of piperidine rings is 1. The molecule has 2 fully saturated rings. The van der Waals surface area contributed by atoms with Gasteiger partial charge in [0.15, 0.2) is 0 Å². The maximum absolute atomic E-state index is 12.6. The Labute approximate surface area is 192 Å². The first-order valence-electron chi connectivity index (χ1n) is 11.2. The van der Waals surface area contributed by atoms with Crippen molar-refractivity contribution >= 4 is 11.9 Å². The van der Waals surface area contributed by atoms with Crippen molar-refractivity contribution in [3.63, 3.8) is 0 Å². The Morgan fingerprint density at radius 3 is 2.30 bits per heavy atom. The molecule has 1 aromatic carbocycles. The minimum absolute atomic E-state index is 0.220. The summed E-state index contributed by atoms with van der Waals surface area (Å²) in [4.78, 5) is 26.2. The first-order valence-corrected chi connectivity index (χ1v) is 11.2. The average Bonchev–Trinajstić information content (AvgIpc) is 3.45. The lowest BCUT2D eigenvalue weighted by Crippen LogP contribution is -2.46. The fraction of sp³-hybridized carbons (Fsp3) is 0.583. The number of ether oxygens (including phenoxy) is 1. The van der Waals surface area contributed by atoms with Gasteiger partial charge in [-0.25, -0.2) is 4.79 Å². The van der Waals surface area contributed by atoms with Crippen LogP contribution in [-0.4, -0.2) is 66.2 Å². The van der Waals surface area contributed by atoms with Gasteiger partial charge in [-0.3, -0.25) is 9.69 Å². The molecule has 4 rings (SSSR count). The molecule has 0 unspecified atom stereocenters. The summed E-state index contributed by atoms with van der Waals surface area (Å²) in [6.45, 7) is 5.22. The minimum atomic E-state index is -5.08. The number of carbonyl (C=O) groups is 2. The second-order valence-corrected chi connectivity index (χ2v) is 9.08. The predicted octanol–water partition coefficient (Wildman–Crippen LogP) is 4.11. The number of benzene rings is 1. The van der Waals surface area contributed by atoms with E-state index in [1.807, 2.05) is 6.07 Å². The number of alkyl halides is 3. The first kappa shape index (κ1) is 25.1. The number of allylic oxidation sites excluding steroid dienone is 2. The van der Waals surface area contributed by atoms with E-state index in [1.165, 1.54) is 12.0 Å². The van der Waals surface area contributed by atoms with Crippen LogP contribution >= 0.6 is 0 Å². The van der Waals surface area contributed by atoms with Gasteiger partial charge in [0.05, 0.1) is 7.11 Å². The summed E-state index contributed by atoms with van der Waals surface area (Å²) in [5.74, 6) is -1.22. The van der Waals surface area contributed by atoms with E-state index in [9.17, 15) is 18.0 Å². The molecule has 0 atom stereocenters. The third-order valence-corrected chi connectivity index (χ3v) is 6.79.